The van der Waals surface area contributed by atoms with E-state index in [0.29, 0.717) is 18.3 Å². The third-order valence-electron chi connectivity index (χ3n) is 3.68. The van der Waals surface area contributed by atoms with Crippen molar-refractivity contribution in [3.8, 4) is 0 Å². The molecular weight excluding hydrogens is 257 g/mol. The molecule has 110 valence electrons. The largest absolute Gasteiger partial charge is 0.326 e. The summed E-state index contributed by atoms with van der Waals surface area (Å²) < 4.78 is 13.3. The lowest BCUT2D eigenvalue weighted by atomic mass is 10.0. The van der Waals surface area contributed by atoms with Crippen molar-refractivity contribution < 1.29 is 9.18 Å². The lowest BCUT2D eigenvalue weighted by Gasteiger charge is -2.29. The predicted octanol–water partition coefficient (Wildman–Crippen LogP) is 1.97. The Morgan fingerprint density at radius 2 is 2.10 bits per heavy atom. The quantitative estimate of drug-likeness (QED) is 0.885. The summed E-state index contributed by atoms with van der Waals surface area (Å²) in [4.78, 5) is 13.5. The molecular formula is C15H22FN3O. The van der Waals surface area contributed by atoms with Gasteiger partial charge in [0.25, 0.3) is 0 Å². The smallest absolute Gasteiger partial charge is 0.221 e. The minimum Gasteiger partial charge on any atom is -0.326 e. The number of nitrogens with one attached hydrogen (secondary N) is 2. The lowest BCUT2D eigenvalue weighted by Crippen LogP contribution is -2.40. The average Bonchev–Trinajstić information content (AvgIpc) is 2.39. The second-order valence-corrected chi connectivity index (χ2v) is 5.44. The van der Waals surface area contributed by atoms with E-state index in [2.05, 4.69) is 22.6 Å². The average molecular weight is 279 g/mol. The molecule has 1 heterocycles. The molecule has 1 amide bonds. The first-order valence-electron chi connectivity index (χ1n) is 7.02. The number of likely N-dealkylation sites (tertiary alicyclic amines) is 1. The van der Waals surface area contributed by atoms with Gasteiger partial charge in [-0.05, 0) is 50.7 Å². The van der Waals surface area contributed by atoms with E-state index in [9.17, 15) is 9.18 Å². The number of halogens is 1. The van der Waals surface area contributed by atoms with Crippen LogP contribution in [0.2, 0.25) is 0 Å². The highest BCUT2D eigenvalue weighted by atomic mass is 19.1. The van der Waals surface area contributed by atoms with E-state index in [1.165, 1.54) is 19.1 Å². The Hall–Kier alpha value is -1.46. The van der Waals surface area contributed by atoms with E-state index in [4.69, 9.17) is 0 Å². The molecule has 1 aromatic rings. The van der Waals surface area contributed by atoms with Crippen LogP contribution in [0.1, 0.15) is 25.3 Å². The zero-order valence-electron chi connectivity index (χ0n) is 12.1. The predicted molar refractivity (Wildman–Crippen MR) is 78.1 cm³/mol. The molecule has 1 fully saturated rings. The first-order chi connectivity index (χ1) is 9.54. The summed E-state index contributed by atoms with van der Waals surface area (Å²) in [6.07, 6.45) is 2.24. The van der Waals surface area contributed by atoms with E-state index in [0.717, 1.165) is 31.5 Å². The summed E-state index contributed by atoms with van der Waals surface area (Å²) in [5.74, 6) is -0.520. The van der Waals surface area contributed by atoms with Crippen LogP contribution in [-0.4, -0.2) is 37.0 Å². The van der Waals surface area contributed by atoms with Crippen LogP contribution in [-0.2, 0) is 11.3 Å². The van der Waals surface area contributed by atoms with Crippen LogP contribution in [0.3, 0.4) is 0 Å². The molecule has 0 unspecified atom stereocenters. The van der Waals surface area contributed by atoms with Gasteiger partial charge >= 0.3 is 0 Å². The molecule has 2 N–H and O–H groups in total. The third-order valence-corrected chi connectivity index (χ3v) is 3.68. The highest BCUT2D eigenvalue weighted by molar-refractivity contribution is 5.89. The number of anilines is 1. The van der Waals surface area contributed by atoms with E-state index >= 15 is 0 Å². The van der Waals surface area contributed by atoms with Gasteiger partial charge in [-0.3, -0.25) is 4.79 Å². The first kappa shape index (κ1) is 14.9. The molecule has 1 aliphatic heterocycles. The number of rotatable bonds is 4. The summed E-state index contributed by atoms with van der Waals surface area (Å²) in [5.41, 5.74) is 1.47. The van der Waals surface area contributed by atoms with Crippen LogP contribution in [0.5, 0.6) is 0 Å². The second kappa shape index (κ2) is 6.81. The Morgan fingerprint density at radius 3 is 2.75 bits per heavy atom. The second-order valence-electron chi connectivity index (χ2n) is 5.44. The van der Waals surface area contributed by atoms with Crippen LogP contribution in [0, 0.1) is 5.82 Å². The Kier molecular flexibility index (Phi) is 5.09. The molecule has 20 heavy (non-hydrogen) atoms. The number of nitrogens with zero attached hydrogens (tertiary/aromatic N) is 1. The van der Waals surface area contributed by atoms with Crippen molar-refractivity contribution >= 4 is 11.6 Å². The first-order valence-corrected chi connectivity index (χ1v) is 7.02. The highest BCUT2D eigenvalue weighted by Crippen LogP contribution is 2.18. The van der Waals surface area contributed by atoms with Crippen molar-refractivity contribution in [3.05, 3.63) is 29.6 Å². The summed E-state index contributed by atoms with van der Waals surface area (Å²) >= 11 is 0. The maximum absolute atomic E-state index is 13.3. The standard InChI is InChI=1S/C15H22FN3O/c1-11(20)18-15-9-13(16)4-3-12(15)10-17-14-5-7-19(2)8-6-14/h3-4,9,14,17H,5-8,10H2,1-2H3,(H,18,20). The Morgan fingerprint density at radius 1 is 1.40 bits per heavy atom. The zero-order valence-corrected chi connectivity index (χ0v) is 12.1. The zero-order chi connectivity index (χ0) is 14.5. The number of piperidine rings is 1. The molecule has 4 nitrogen and oxygen atoms in total. The highest BCUT2D eigenvalue weighted by Gasteiger charge is 2.16. The lowest BCUT2D eigenvalue weighted by molar-refractivity contribution is -0.114. The molecule has 1 aromatic carbocycles. The van der Waals surface area contributed by atoms with Gasteiger partial charge in [-0.2, -0.15) is 0 Å². The van der Waals surface area contributed by atoms with Crippen molar-refractivity contribution in [1.29, 1.82) is 0 Å². The van der Waals surface area contributed by atoms with Gasteiger partial charge in [0.05, 0.1) is 0 Å². The number of hydrogen-bond donors (Lipinski definition) is 2. The van der Waals surface area contributed by atoms with Crippen molar-refractivity contribution in [3.63, 3.8) is 0 Å². The molecule has 0 aromatic heterocycles. The van der Waals surface area contributed by atoms with Gasteiger partial charge in [0.1, 0.15) is 5.82 Å². The van der Waals surface area contributed by atoms with Gasteiger partial charge in [0.2, 0.25) is 5.91 Å². The van der Waals surface area contributed by atoms with Crippen molar-refractivity contribution in [2.24, 2.45) is 0 Å². The molecule has 0 bridgehead atoms. The van der Waals surface area contributed by atoms with Crippen molar-refractivity contribution in [2.45, 2.75) is 32.4 Å². The van der Waals surface area contributed by atoms with Crippen molar-refractivity contribution in [2.75, 3.05) is 25.5 Å². The molecule has 5 heteroatoms. The fourth-order valence-corrected chi connectivity index (χ4v) is 2.48. The van der Waals surface area contributed by atoms with E-state index < -0.39 is 0 Å². The fourth-order valence-electron chi connectivity index (χ4n) is 2.48. The van der Waals surface area contributed by atoms with E-state index in [1.807, 2.05) is 0 Å². The molecule has 1 saturated heterocycles. The minimum absolute atomic E-state index is 0.184. The van der Waals surface area contributed by atoms with E-state index in [1.54, 1.807) is 6.07 Å². The number of amides is 1. The molecule has 0 aliphatic carbocycles. The minimum atomic E-state index is -0.336. The monoisotopic (exact) mass is 279 g/mol. The van der Waals surface area contributed by atoms with Gasteiger partial charge < -0.3 is 15.5 Å². The van der Waals surface area contributed by atoms with Crippen LogP contribution < -0.4 is 10.6 Å². The molecule has 0 radical (unpaired) electrons. The number of hydrogen-bond acceptors (Lipinski definition) is 3. The summed E-state index contributed by atoms with van der Waals surface area (Å²) in [7, 11) is 2.13. The van der Waals surface area contributed by atoms with Gasteiger partial charge in [-0.1, -0.05) is 6.07 Å². The third kappa shape index (κ3) is 4.28. The topological polar surface area (TPSA) is 44.4 Å². The maximum Gasteiger partial charge on any atom is 0.221 e. The van der Waals surface area contributed by atoms with Gasteiger partial charge in [0.15, 0.2) is 0 Å². The van der Waals surface area contributed by atoms with Crippen LogP contribution in [0.4, 0.5) is 10.1 Å². The van der Waals surface area contributed by atoms with Gasteiger partial charge in [-0.25, -0.2) is 4.39 Å². The van der Waals surface area contributed by atoms with Crippen molar-refractivity contribution in [1.82, 2.24) is 10.2 Å². The van der Waals surface area contributed by atoms with Crippen LogP contribution in [0.15, 0.2) is 18.2 Å². The van der Waals surface area contributed by atoms with E-state index in [-0.39, 0.29) is 11.7 Å². The van der Waals surface area contributed by atoms with Crippen LogP contribution >= 0.6 is 0 Å². The molecule has 0 spiro atoms. The van der Waals surface area contributed by atoms with Gasteiger partial charge in [-0.15, -0.1) is 0 Å². The number of benzene rings is 1. The number of carbonyl (C=O) groups excluding carboxylic acids is 1. The van der Waals surface area contributed by atoms with Gasteiger partial charge in [0, 0.05) is 25.2 Å². The normalized spacial score (nSPS) is 17.1. The Bertz CT molecular complexity index is 470. The number of carbonyl (C=O) groups is 1. The molecule has 1 aliphatic rings. The molecule has 0 saturated carbocycles. The SMILES string of the molecule is CC(=O)Nc1cc(F)ccc1CNC1CCN(C)CC1. The molecule has 2 rings (SSSR count). The Labute approximate surface area is 119 Å². The fraction of sp³-hybridized carbons (Fsp3) is 0.533. The summed E-state index contributed by atoms with van der Waals surface area (Å²) in [6.45, 7) is 4.27. The summed E-state index contributed by atoms with van der Waals surface area (Å²) in [6, 6.07) is 5.01. The molecule has 0 atom stereocenters. The summed E-state index contributed by atoms with van der Waals surface area (Å²) in [5, 5.41) is 6.17. The van der Waals surface area contributed by atoms with Crippen LogP contribution in [0.25, 0.3) is 0 Å². The Balaban J connectivity index is 1.96. The maximum atomic E-state index is 13.3.